The van der Waals surface area contributed by atoms with Gasteiger partial charge >= 0.3 is 11.7 Å². The molecule has 1 rings (SSSR count). The molecule has 0 amide bonds. The number of carboxylic acids is 1. The Morgan fingerprint density at radius 2 is 2.08 bits per heavy atom. The standard InChI is InChI=1S/C14H21N2O9P/c1-3-25-14(26(22,23)5-4-9(15)13(18)19)8-6-10(16(20)21)12(17)11(7-8)24-2/h6-7,9,14,17H,3-5,15H2,1-2H3,(H,18,19)(H,22,23)/t9-,14?/m0/s1. The molecule has 0 saturated heterocycles. The second kappa shape index (κ2) is 8.95. The number of ether oxygens (including phenoxy) is 2. The Kier molecular flexibility index (Phi) is 7.52. The first-order chi connectivity index (χ1) is 12.0. The number of methoxy groups -OCH3 is 1. The van der Waals surface area contributed by atoms with Crippen LogP contribution in [0.1, 0.15) is 24.8 Å². The number of phenolic OH excluding ortho intramolecular Hbond substituents is 1. The van der Waals surface area contributed by atoms with Crippen LogP contribution in [0.25, 0.3) is 0 Å². The van der Waals surface area contributed by atoms with Crippen molar-refractivity contribution in [1.82, 2.24) is 0 Å². The topological polar surface area (TPSA) is 182 Å². The van der Waals surface area contributed by atoms with Crippen LogP contribution in [0.5, 0.6) is 11.5 Å². The number of aromatic hydroxyl groups is 1. The number of carbonyl (C=O) groups is 1. The van der Waals surface area contributed by atoms with E-state index in [9.17, 15) is 29.5 Å². The normalized spacial score (nSPS) is 15.7. The van der Waals surface area contributed by atoms with Gasteiger partial charge in [-0.25, -0.2) is 0 Å². The van der Waals surface area contributed by atoms with Gasteiger partial charge in [0.1, 0.15) is 6.04 Å². The smallest absolute Gasteiger partial charge is 0.320 e. The van der Waals surface area contributed by atoms with Crippen molar-refractivity contribution in [2.75, 3.05) is 19.9 Å². The van der Waals surface area contributed by atoms with Crippen molar-refractivity contribution in [2.24, 2.45) is 5.73 Å². The molecule has 1 aromatic carbocycles. The van der Waals surface area contributed by atoms with Crippen LogP contribution in [0, 0.1) is 10.1 Å². The number of carboxylic acid groups (broad SMARTS) is 1. The van der Waals surface area contributed by atoms with E-state index in [1.54, 1.807) is 6.92 Å². The SMILES string of the molecule is CCOC(c1cc(OC)c(O)c([N+](=O)[O-])c1)P(=O)(O)CC[C@H](N)C(=O)O. The summed E-state index contributed by atoms with van der Waals surface area (Å²) in [4.78, 5) is 31.4. The number of nitrogens with zero attached hydrogens (tertiary/aromatic N) is 1. The number of hydrogen-bond acceptors (Lipinski definition) is 8. The maximum absolute atomic E-state index is 12.7. The Balaban J connectivity index is 3.31. The summed E-state index contributed by atoms with van der Waals surface area (Å²) in [6.07, 6.45) is -0.758. The molecule has 0 aliphatic heterocycles. The third-order valence-corrected chi connectivity index (χ3v) is 5.63. The summed E-state index contributed by atoms with van der Waals surface area (Å²) in [5, 5.41) is 29.7. The molecule has 0 fully saturated rings. The third kappa shape index (κ3) is 5.15. The van der Waals surface area contributed by atoms with Crippen molar-refractivity contribution in [2.45, 2.75) is 25.2 Å². The lowest BCUT2D eigenvalue weighted by Gasteiger charge is -2.24. The summed E-state index contributed by atoms with van der Waals surface area (Å²) in [7, 11) is -2.99. The van der Waals surface area contributed by atoms with Crippen LogP contribution in [0.15, 0.2) is 12.1 Å². The second-order valence-electron chi connectivity index (χ2n) is 5.37. The molecule has 0 aliphatic rings. The van der Waals surface area contributed by atoms with Crippen molar-refractivity contribution in [3.63, 3.8) is 0 Å². The molecule has 0 aliphatic carbocycles. The molecule has 1 aromatic rings. The third-order valence-electron chi connectivity index (χ3n) is 3.55. The van der Waals surface area contributed by atoms with Gasteiger partial charge in [0.15, 0.2) is 11.6 Å². The zero-order valence-corrected chi connectivity index (χ0v) is 15.1. The average Bonchev–Trinajstić information content (AvgIpc) is 2.57. The molecule has 26 heavy (non-hydrogen) atoms. The average molecular weight is 392 g/mol. The van der Waals surface area contributed by atoms with Gasteiger partial charge in [0.2, 0.25) is 13.1 Å². The zero-order valence-electron chi connectivity index (χ0n) is 14.2. The molecule has 0 saturated carbocycles. The lowest BCUT2D eigenvalue weighted by atomic mass is 10.1. The Hall–Kier alpha value is -2.20. The number of benzene rings is 1. The molecular formula is C14H21N2O9P. The highest BCUT2D eigenvalue weighted by Crippen LogP contribution is 2.58. The number of hydrogen-bond donors (Lipinski definition) is 4. The van der Waals surface area contributed by atoms with Crippen molar-refractivity contribution < 1.29 is 38.9 Å². The number of nitrogens with two attached hydrogens (primary N) is 1. The van der Waals surface area contributed by atoms with Crippen LogP contribution in [0.4, 0.5) is 5.69 Å². The quantitative estimate of drug-likeness (QED) is 0.258. The van der Waals surface area contributed by atoms with Gasteiger partial charge in [0.25, 0.3) is 0 Å². The highest BCUT2D eigenvalue weighted by molar-refractivity contribution is 7.58. The highest BCUT2D eigenvalue weighted by Gasteiger charge is 2.36. The molecule has 5 N–H and O–H groups in total. The molecule has 12 heteroatoms. The van der Waals surface area contributed by atoms with E-state index >= 15 is 0 Å². The molecule has 11 nitrogen and oxygen atoms in total. The van der Waals surface area contributed by atoms with Gasteiger partial charge < -0.3 is 30.3 Å². The lowest BCUT2D eigenvalue weighted by Crippen LogP contribution is -2.31. The molecule has 0 radical (unpaired) electrons. The van der Waals surface area contributed by atoms with Crippen molar-refractivity contribution >= 4 is 19.0 Å². The van der Waals surface area contributed by atoms with Gasteiger partial charge in [0, 0.05) is 24.4 Å². The van der Waals surface area contributed by atoms with E-state index in [4.69, 9.17) is 20.3 Å². The summed E-state index contributed by atoms with van der Waals surface area (Å²) in [5.74, 6) is -3.78. The van der Waals surface area contributed by atoms with E-state index in [2.05, 4.69) is 0 Å². The molecule has 0 bridgehead atoms. The molecular weight excluding hydrogens is 371 g/mol. The fourth-order valence-electron chi connectivity index (χ4n) is 2.22. The molecule has 2 unspecified atom stereocenters. The largest absolute Gasteiger partial charge is 0.500 e. The number of rotatable bonds is 10. The Morgan fingerprint density at radius 1 is 1.46 bits per heavy atom. The summed E-state index contributed by atoms with van der Waals surface area (Å²) >= 11 is 0. The van der Waals surface area contributed by atoms with Gasteiger partial charge in [-0.15, -0.1) is 0 Å². The van der Waals surface area contributed by atoms with Gasteiger partial charge in [-0.1, -0.05) is 0 Å². The van der Waals surface area contributed by atoms with Crippen molar-refractivity contribution in [1.29, 1.82) is 0 Å². The van der Waals surface area contributed by atoms with E-state index in [0.717, 1.165) is 12.1 Å². The number of aliphatic carboxylic acids is 1. The summed E-state index contributed by atoms with van der Waals surface area (Å²) < 4.78 is 22.9. The number of nitro groups is 1. The molecule has 0 spiro atoms. The lowest BCUT2D eigenvalue weighted by molar-refractivity contribution is -0.386. The Labute approximate surface area is 148 Å². The number of nitro benzene ring substituents is 1. The van der Waals surface area contributed by atoms with Gasteiger partial charge in [-0.05, 0) is 19.4 Å². The Morgan fingerprint density at radius 3 is 2.54 bits per heavy atom. The van der Waals surface area contributed by atoms with Gasteiger partial charge in [-0.2, -0.15) is 0 Å². The second-order valence-corrected chi connectivity index (χ2v) is 7.80. The van der Waals surface area contributed by atoms with Crippen LogP contribution in [0.2, 0.25) is 0 Å². The molecule has 3 atom stereocenters. The number of phenols is 1. The summed E-state index contributed by atoms with van der Waals surface area (Å²) in [6.45, 7) is 1.57. The van der Waals surface area contributed by atoms with Crippen LogP contribution < -0.4 is 10.5 Å². The van der Waals surface area contributed by atoms with E-state index in [-0.39, 0.29) is 24.3 Å². The van der Waals surface area contributed by atoms with E-state index in [1.165, 1.54) is 7.11 Å². The van der Waals surface area contributed by atoms with Gasteiger partial charge in [-0.3, -0.25) is 19.5 Å². The fourth-order valence-corrected chi connectivity index (χ4v) is 4.10. The first-order valence-corrected chi connectivity index (χ1v) is 9.43. The van der Waals surface area contributed by atoms with Crippen molar-refractivity contribution in [3.05, 3.63) is 27.8 Å². The van der Waals surface area contributed by atoms with Crippen molar-refractivity contribution in [3.8, 4) is 11.5 Å². The van der Waals surface area contributed by atoms with Crippen LogP contribution in [-0.4, -0.2) is 51.9 Å². The minimum absolute atomic E-state index is 0.0111. The fraction of sp³-hybridized carbons (Fsp3) is 0.500. The first-order valence-electron chi connectivity index (χ1n) is 7.51. The molecule has 146 valence electrons. The van der Waals surface area contributed by atoms with E-state index in [1.807, 2.05) is 0 Å². The molecule has 0 heterocycles. The highest BCUT2D eigenvalue weighted by atomic mass is 31.2. The minimum atomic E-state index is -4.16. The summed E-state index contributed by atoms with van der Waals surface area (Å²) in [6, 6.07) is 0.738. The Bertz CT molecular complexity index is 725. The summed E-state index contributed by atoms with van der Waals surface area (Å²) in [5.41, 5.74) is 4.58. The monoisotopic (exact) mass is 392 g/mol. The molecule has 0 aromatic heterocycles. The first kappa shape index (κ1) is 21.8. The van der Waals surface area contributed by atoms with E-state index in [0.29, 0.717) is 0 Å². The predicted molar refractivity (Wildman–Crippen MR) is 90.6 cm³/mol. The zero-order chi connectivity index (χ0) is 20.1. The maximum Gasteiger partial charge on any atom is 0.320 e. The van der Waals surface area contributed by atoms with Crippen LogP contribution in [-0.2, 0) is 14.1 Å². The predicted octanol–water partition coefficient (Wildman–Crippen LogP) is 1.42. The maximum atomic E-state index is 12.7. The minimum Gasteiger partial charge on any atom is -0.500 e. The van der Waals surface area contributed by atoms with Crippen LogP contribution in [0.3, 0.4) is 0 Å². The van der Waals surface area contributed by atoms with Crippen LogP contribution >= 0.6 is 7.37 Å². The van der Waals surface area contributed by atoms with E-state index < -0.39 is 47.7 Å². The van der Waals surface area contributed by atoms with Gasteiger partial charge in [0.05, 0.1) is 12.0 Å².